The number of hydrogen-bond acceptors (Lipinski definition) is 3. The van der Waals surface area contributed by atoms with Crippen molar-refractivity contribution in [2.45, 2.75) is 26.6 Å². The van der Waals surface area contributed by atoms with Gasteiger partial charge in [0.25, 0.3) is 0 Å². The van der Waals surface area contributed by atoms with E-state index in [1.807, 2.05) is 36.4 Å². The first-order chi connectivity index (χ1) is 13.2. The van der Waals surface area contributed by atoms with Gasteiger partial charge in [-0.25, -0.2) is 0 Å². The molecule has 3 aromatic rings. The molecule has 0 aliphatic carbocycles. The number of halogens is 2. The van der Waals surface area contributed by atoms with E-state index in [0.717, 1.165) is 34.2 Å². The van der Waals surface area contributed by atoms with Crippen molar-refractivity contribution in [2.75, 3.05) is 7.11 Å². The van der Waals surface area contributed by atoms with Crippen molar-refractivity contribution in [3.63, 3.8) is 0 Å². The predicted octanol–water partition coefficient (Wildman–Crippen LogP) is 2.53. The molecule has 0 saturated heterocycles. The monoisotopic (exact) mass is 416 g/mol. The Morgan fingerprint density at radius 2 is 1.54 bits per heavy atom. The maximum absolute atomic E-state index is 6.10. The average Bonchev–Trinajstić information content (AvgIpc) is 2.69. The Bertz CT molecular complexity index is 865. The second-order valence-electron chi connectivity index (χ2n) is 6.45. The first-order valence-electron chi connectivity index (χ1n) is 8.95. The van der Waals surface area contributed by atoms with Gasteiger partial charge in [-0.05, 0) is 36.2 Å². The topological polar surface area (TPSA) is 30.5 Å². The van der Waals surface area contributed by atoms with Crippen molar-refractivity contribution in [1.29, 1.82) is 0 Å². The van der Waals surface area contributed by atoms with Gasteiger partial charge in [-0.15, -0.1) is 0 Å². The van der Waals surface area contributed by atoms with E-state index in [1.54, 1.807) is 7.11 Å². The van der Waals surface area contributed by atoms with Crippen molar-refractivity contribution in [2.24, 2.45) is 0 Å². The zero-order valence-corrected chi connectivity index (χ0v) is 17.6. The van der Waals surface area contributed by atoms with E-state index >= 15 is 0 Å². The molecule has 0 radical (unpaired) electrons. The summed E-state index contributed by atoms with van der Waals surface area (Å²) in [7, 11) is 1.66. The van der Waals surface area contributed by atoms with Crippen LogP contribution in [0, 0.1) is 6.92 Å². The van der Waals surface area contributed by atoms with Crippen LogP contribution in [0.15, 0.2) is 66.7 Å². The average molecular weight is 417 g/mol. The molecular formula is C23H24Cl2NO2-. The maximum atomic E-state index is 6.10. The van der Waals surface area contributed by atoms with Gasteiger partial charge in [0, 0.05) is 23.7 Å². The highest BCUT2D eigenvalue weighted by Crippen LogP contribution is 2.32. The Kier molecular flexibility index (Phi) is 8.65. The molecule has 5 heteroatoms. The van der Waals surface area contributed by atoms with E-state index in [-0.39, 0.29) is 12.4 Å². The Labute approximate surface area is 178 Å². The zero-order chi connectivity index (χ0) is 19.1. The summed E-state index contributed by atoms with van der Waals surface area (Å²) >= 11 is 5.95. The number of ether oxygens (including phenoxy) is 2. The number of para-hydroxylation sites is 1. The van der Waals surface area contributed by atoms with Crippen LogP contribution >= 0.6 is 11.6 Å². The van der Waals surface area contributed by atoms with Gasteiger partial charge in [-0.2, -0.15) is 0 Å². The van der Waals surface area contributed by atoms with Crippen LogP contribution in [0.1, 0.15) is 22.3 Å². The largest absolute Gasteiger partial charge is 1.00 e. The second-order valence-corrected chi connectivity index (χ2v) is 6.89. The fourth-order valence-corrected chi connectivity index (χ4v) is 2.93. The molecule has 0 unspecified atom stereocenters. The van der Waals surface area contributed by atoms with Crippen LogP contribution in [-0.2, 0) is 19.7 Å². The molecule has 148 valence electrons. The van der Waals surface area contributed by atoms with E-state index < -0.39 is 0 Å². The van der Waals surface area contributed by atoms with Crippen LogP contribution in [-0.4, -0.2) is 7.11 Å². The minimum Gasteiger partial charge on any atom is -1.00 e. The van der Waals surface area contributed by atoms with Crippen LogP contribution in [0.4, 0.5) is 0 Å². The number of aryl methyl sites for hydroxylation is 1. The summed E-state index contributed by atoms with van der Waals surface area (Å²) in [6, 6.07) is 22.2. The molecule has 3 rings (SSSR count). The smallest absolute Gasteiger partial charge is 0.166 e. The summed E-state index contributed by atoms with van der Waals surface area (Å²) in [5.74, 6) is 1.50. The molecule has 0 fully saturated rings. The highest BCUT2D eigenvalue weighted by molar-refractivity contribution is 6.30. The molecule has 0 aromatic heterocycles. The number of benzene rings is 3. The molecule has 1 N–H and O–H groups in total. The van der Waals surface area contributed by atoms with E-state index in [4.69, 9.17) is 21.1 Å². The van der Waals surface area contributed by atoms with E-state index in [1.165, 1.54) is 11.1 Å². The summed E-state index contributed by atoms with van der Waals surface area (Å²) in [6.45, 7) is 4.05. The maximum Gasteiger partial charge on any atom is 0.166 e. The Morgan fingerprint density at radius 1 is 0.857 bits per heavy atom. The number of methoxy groups -OCH3 is 1. The molecule has 0 heterocycles. The molecule has 0 aliphatic heterocycles. The van der Waals surface area contributed by atoms with E-state index in [9.17, 15) is 0 Å². The van der Waals surface area contributed by atoms with Crippen molar-refractivity contribution in [1.82, 2.24) is 5.32 Å². The molecule has 3 aromatic carbocycles. The van der Waals surface area contributed by atoms with Crippen LogP contribution < -0.4 is 27.2 Å². The SMILES string of the molecule is COc1cccc(CNCc2ccc(C)cc2)c1OCc1ccc(Cl)cc1.[Cl-]. The van der Waals surface area contributed by atoms with Gasteiger partial charge in [0.05, 0.1) is 7.11 Å². The fourth-order valence-electron chi connectivity index (χ4n) is 2.81. The molecule has 0 spiro atoms. The predicted molar refractivity (Wildman–Crippen MR) is 111 cm³/mol. The Balaban J connectivity index is 0.00000280. The molecule has 0 amide bonds. The first kappa shape index (κ1) is 22.1. The highest BCUT2D eigenvalue weighted by Gasteiger charge is 2.11. The Hall–Kier alpha value is -2.20. The lowest BCUT2D eigenvalue weighted by Crippen LogP contribution is -3.00. The normalized spacial score (nSPS) is 10.2. The van der Waals surface area contributed by atoms with Crippen LogP contribution in [0.2, 0.25) is 5.02 Å². The van der Waals surface area contributed by atoms with Crippen LogP contribution in [0.25, 0.3) is 0 Å². The lowest BCUT2D eigenvalue weighted by atomic mass is 10.1. The quantitative estimate of drug-likeness (QED) is 0.611. The van der Waals surface area contributed by atoms with E-state index in [2.05, 4.69) is 42.6 Å². The van der Waals surface area contributed by atoms with Crippen molar-refractivity contribution in [3.8, 4) is 11.5 Å². The Morgan fingerprint density at radius 3 is 2.21 bits per heavy atom. The fraction of sp³-hybridized carbons (Fsp3) is 0.217. The third-order valence-electron chi connectivity index (χ3n) is 4.34. The zero-order valence-electron chi connectivity index (χ0n) is 16.0. The number of hydrogen-bond donors (Lipinski definition) is 1. The van der Waals surface area contributed by atoms with Gasteiger partial charge in [-0.3, -0.25) is 0 Å². The summed E-state index contributed by atoms with van der Waals surface area (Å²) in [6.07, 6.45) is 0. The van der Waals surface area contributed by atoms with Crippen molar-refractivity contribution >= 4 is 11.6 Å². The van der Waals surface area contributed by atoms with Gasteiger partial charge in [0.15, 0.2) is 11.5 Å². The molecule has 0 saturated carbocycles. The second kappa shape index (κ2) is 11.0. The lowest BCUT2D eigenvalue weighted by Gasteiger charge is -2.16. The number of rotatable bonds is 8. The first-order valence-corrected chi connectivity index (χ1v) is 9.33. The third kappa shape index (κ3) is 6.16. The highest BCUT2D eigenvalue weighted by atomic mass is 35.5. The van der Waals surface area contributed by atoms with Crippen molar-refractivity contribution < 1.29 is 21.9 Å². The lowest BCUT2D eigenvalue weighted by molar-refractivity contribution is -0.00000598. The standard InChI is InChI=1S/C23H24ClNO2.ClH/c1-17-6-8-18(9-7-17)14-25-15-20-4-3-5-22(26-2)23(20)27-16-19-10-12-21(24)13-11-19;/h3-13,25H,14-16H2,1-2H3;1H/p-1. The minimum atomic E-state index is 0. The summed E-state index contributed by atoms with van der Waals surface area (Å²) in [4.78, 5) is 0. The molecule has 0 atom stereocenters. The van der Waals surface area contributed by atoms with Gasteiger partial charge in [-0.1, -0.05) is 65.7 Å². The van der Waals surface area contributed by atoms with Crippen LogP contribution in [0.5, 0.6) is 11.5 Å². The molecule has 0 bridgehead atoms. The van der Waals surface area contributed by atoms with Gasteiger partial charge in [0.1, 0.15) is 6.61 Å². The van der Waals surface area contributed by atoms with Crippen molar-refractivity contribution in [3.05, 3.63) is 94.0 Å². The van der Waals surface area contributed by atoms with Gasteiger partial charge in [0.2, 0.25) is 0 Å². The summed E-state index contributed by atoms with van der Waals surface area (Å²) in [5, 5.41) is 4.20. The molecular weight excluding hydrogens is 393 g/mol. The third-order valence-corrected chi connectivity index (χ3v) is 4.59. The van der Waals surface area contributed by atoms with Gasteiger partial charge < -0.3 is 27.2 Å². The van der Waals surface area contributed by atoms with E-state index in [0.29, 0.717) is 13.2 Å². The van der Waals surface area contributed by atoms with Crippen LogP contribution in [0.3, 0.4) is 0 Å². The van der Waals surface area contributed by atoms with Gasteiger partial charge >= 0.3 is 0 Å². The minimum absolute atomic E-state index is 0. The summed E-state index contributed by atoms with van der Waals surface area (Å²) < 4.78 is 11.6. The molecule has 28 heavy (non-hydrogen) atoms. The number of nitrogens with one attached hydrogen (secondary N) is 1. The molecule has 0 aliphatic rings. The summed E-state index contributed by atoms with van der Waals surface area (Å²) in [5.41, 5.74) is 4.65. The molecule has 3 nitrogen and oxygen atoms in total.